The van der Waals surface area contributed by atoms with Crippen LogP contribution >= 0.6 is 15.9 Å². The Balaban J connectivity index is 2.18. The first-order chi connectivity index (χ1) is 11.5. The van der Waals surface area contributed by atoms with Crippen LogP contribution in [0.5, 0.6) is 11.5 Å². The lowest BCUT2D eigenvalue weighted by Crippen LogP contribution is -2.27. The second-order valence-electron chi connectivity index (χ2n) is 5.16. The molecule has 0 bridgehead atoms. The van der Waals surface area contributed by atoms with Gasteiger partial charge in [0.15, 0.2) is 11.5 Å². The molecule has 0 spiro atoms. The molecule has 1 unspecified atom stereocenters. The van der Waals surface area contributed by atoms with E-state index in [1.54, 1.807) is 25.3 Å². The van der Waals surface area contributed by atoms with Gasteiger partial charge >= 0.3 is 0 Å². The Morgan fingerprint density at radius 3 is 2.67 bits per heavy atom. The second kappa shape index (κ2) is 8.15. The smallest absolute Gasteiger partial charge is 0.254 e. The highest BCUT2D eigenvalue weighted by Crippen LogP contribution is 2.30. The van der Waals surface area contributed by atoms with Crippen LogP contribution in [0, 0.1) is 5.82 Å². The molecule has 0 saturated carbocycles. The highest BCUT2D eigenvalue weighted by molar-refractivity contribution is 9.10. The Labute approximate surface area is 149 Å². The predicted octanol–water partition coefficient (Wildman–Crippen LogP) is 4.49. The number of hydrogen-bond acceptors (Lipinski definition) is 3. The summed E-state index contributed by atoms with van der Waals surface area (Å²) in [7, 11) is 1.56. The number of carbonyl (C=O) groups is 1. The molecule has 6 heteroatoms. The molecule has 24 heavy (non-hydrogen) atoms. The van der Waals surface area contributed by atoms with Crippen LogP contribution in [0.3, 0.4) is 0 Å². The molecule has 2 rings (SSSR count). The van der Waals surface area contributed by atoms with Gasteiger partial charge in [-0.15, -0.1) is 0 Å². The van der Waals surface area contributed by atoms with Crippen LogP contribution in [0.15, 0.2) is 40.9 Å². The summed E-state index contributed by atoms with van der Waals surface area (Å²) in [6, 6.07) is 9.37. The topological polar surface area (TPSA) is 47.6 Å². The van der Waals surface area contributed by atoms with Gasteiger partial charge in [0.2, 0.25) is 0 Å². The lowest BCUT2D eigenvalue weighted by Gasteiger charge is -2.17. The normalized spacial score (nSPS) is 11.7. The van der Waals surface area contributed by atoms with Crippen molar-refractivity contribution in [3.63, 3.8) is 0 Å². The van der Waals surface area contributed by atoms with Crippen LogP contribution < -0.4 is 14.8 Å². The van der Waals surface area contributed by atoms with Crippen molar-refractivity contribution in [2.75, 3.05) is 13.7 Å². The molecule has 2 aromatic carbocycles. The van der Waals surface area contributed by atoms with E-state index in [1.807, 2.05) is 19.9 Å². The van der Waals surface area contributed by atoms with Crippen molar-refractivity contribution in [1.82, 2.24) is 5.32 Å². The first-order valence-corrected chi connectivity index (χ1v) is 8.32. The van der Waals surface area contributed by atoms with Gasteiger partial charge in [-0.1, -0.05) is 22.0 Å². The molecular weight excluding hydrogens is 377 g/mol. The SMILES string of the molecule is CCOc1ccc(C(C)NC(=O)c2cc(Br)ccc2F)cc1OC. The second-order valence-corrected chi connectivity index (χ2v) is 6.08. The zero-order valence-corrected chi connectivity index (χ0v) is 15.3. The summed E-state index contributed by atoms with van der Waals surface area (Å²) in [5.74, 6) is 0.186. The molecule has 0 saturated heterocycles. The van der Waals surface area contributed by atoms with Crippen molar-refractivity contribution in [3.05, 3.63) is 57.8 Å². The van der Waals surface area contributed by atoms with Gasteiger partial charge in [0, 0.05) is 4.47 Å². The molecule has 0 aromatic heterocycles. The highest BCUT2D eigenvalue weighted by Gasteiger charge is 2.17. The average molecular weight is 396 g/mol. The van der Waals surface area contributed by atoms with E-state index in [9.17, 15) is 9.18 Å². The maximum absolute atomic E-state index is 13.8. The van der Waals surface area contributed by atoms with Gasteiger partial charge in [0.05, 0.1) is 25.3 Å². The zero-order valence-electron chi connectivity index (χ0n) is 13.7. The third-order valence-electron chi connectivity index (χ3n) is 3.51. The quantitative estimate of drug-likeness (QED) is 0.783. The monoisotopic (exact) mass is 395 g/mol. The van der Waals surface area contributed by atoms with E-state index in [0.29, 0.717) is 22.6 Å². The summed E-state index contributed by atoms with van der Waals surface area (Å²) in [5.41, 5.74) is 0.827. The van der Waals surface area contributed by atoms with Gasteiger partial charge in [-0.05, 0) is 49.7 Å². The summed E-state index contributed by atoms with van der Waals surface area (Å²) >= 11 is 3.24. The minimum atomic E-state index is -0.563. The summed E-state index contributed by atoms with van der Waals surface area (Å²) in [6.45, 7) is 4.25. The number of methoxy groups -OCH3 is 1. The number of hydrogen-bond donors (Lipinski definition) is 1. The summed E-state index contributed by atoms with van der Waals surface area (Å²) < 4.78 is 25.2. The van der Waals surface area contributed by atoms with Crippen LogP contribution in [-0.4, -0.2) is 19.6 Å². The van der Waals surface area contributed by atoms with Crippen LogP contribution in [0.1, 0.15) is 35.8 Å². The number of ether oxygens (including phenoxy) is 2. The summed E-state index contributed by atoms with van der Waals surface area (Å²) in [6.07, 6.45) is 0. The average Bonchev–Trinajstić information content (AvgIpc) is 2.57. The number of amides is 1. The molecule has 2 aromatic rings. The number of halogens is 2. The molecular formula is C18H19BrFNO3. The highest BCUT2D eigenvalue weighted by atomic mass is 79.9. The van der Waals surface area contributed by atoms with Crippen LogP contribution in [0.4, 0.5) is 4.39 Å². The van der Waals surface area contributed by atoms with Crippen molar-refractivity contribution >= 4 is 21.8 Å². The Bertz CT molecular complexity index is 736. The standard InChI is InChI=1S/C18H19BrFNO3/c1-4-24-16-8-5-12(9-17(16)23-3)11(2)21-18(22)14-10-13(19)6-7-15(14)20/h5-11H,4H2,1-3H3,(H,21,22). The molecule has 0 heterocycles. The summed E-state index contributed by atoms with van der Waals surface area (Å²) in [5, 5.41) is 2.79. The predicted molar refractivity (Wildman–Crippen MR) is 94.1 cm³/mol. The van der Waals surface area contributed by atoms with Crippen molar-refractivity contribution in [2.45, 2.75) is 19.9 Å². The molecule has 1 atom stereocenters. The maximum atomic E-state index is 13.8. The first-order valence-electron chi connectivity index (χ1n) is 7.53. The molecule has 4 nitrogen and oxygen atoms in total. The molecule has 128 valence electrons. The van der Waals surface area contributed by atoms with Crippen molar-refractivity contribution in [3.8, 4) is 11.5 Å². The minimum Gasteiger partial charge on any atom is -0.493 e. The van der Waals surface area contributed by atoms with Gasteiger partial charge in [-0.2, -0.15) is 0 Å². The molecule has 0 fully saturated rings. The van der Waals surface area contributed by atoms with E-state index in [1.165, 1.54) is 12.1 Å². The van der Waals surface area contributed by atoms with E-state index >= 15 is 0 Å². The Hall–Kier alpha value is -2.08. The zero-order chi connectivity index (χ0) is 17.7. The lowest BCUT2D eigenvalue weighted by molar-refractivity contribution is 0.0935. The number of benzene rings is 2. The lowest BCUT2D eigenvalue weighted by atomic mass is 10.1. The van der Waals surface area contributed by atoms with Crippen molar-refractivity contribution in [1.29, 1.82) is 0 Å². The van der Waals surface area contributed by atoms with Gasteiger partial charge in [0.1, 0.15) is 5.82 Å². The maximum Gasteiger partial charge on any atom is 0.254 e. The van der Waals surface area contributed by atoms with Gasteiger partial charge in [0.25, 0.3) is 5.91 Å². The Kier molecular flexibility index (Phi) is 6.20. The fraction of sp³-hybridized carbons (Fsp3) is 0.278. The molecule has 0 aliphatic carbocycles. The number of rotatable bonds is 6. The van der Waals surface area contributed by atoms with E-state index in [2.05, 4.69) is 21.2 Å². The van der Waals surface area contributed by atoms with Gasteiger partial charge in [-0.25, -0.2) is 4.39 Å². The van der Waals surface area contributed by atoms with E-state index in [-0.39, 0.29) is 11.6 Å². The fourth-order valence-corrected chi connectivity index (χ4v) is 2.62. The molecule has 0 radical (unpaired) electrons. The molecule has 0 aliphatic heterocycles. The molecule has 1 amide bonds. The first kappa shape index (κ1) is 18.3. The van der Waals surface area contributed by atoms with E-state index in [4.69, 9.17) is 9.47 Å². The molecule has 0 aliphatic rings. The largest absolute Gasteiger partial charge is 0.493 e. The van der Waals surface area contributed by atoms with Crippen LogP contribution in [0.25, 0.3) is 0 Å². The van der Waals surface area contributed by atoms with E-state index < -0.39 is 11.7 Å². The van der Waals surface area contributed by atoms with Crippen molar-refractivity contribution in [2.24, 2.45) is 0 Å². The van der Waals surface area contributed by atoms with Crippen LogP contribution in [-0.2, 0) is 0 Å². The fourth-order valence-electron chi connectivity index (χ4n) is 2.26. The van der Waals surface area contributed by atoms with Crippen molar-refractivity contribution < 1.29 is 18.7 Å². The van der Waals surface area contributed by atoms with E-state index in [0.717, 1.165) is 5.56 Å². The third kappa shape index (κ3) is 4.26. The number of nitrogens with one attached hydrogen (secondary N) is 1. The summed E-state index contributed by atoms with van der Waals surface area (Å²) in [4.78, 5) is 12.3. The minimum absolute atomic E-state index is 0.00544. The van der Waals surface area contributed by atoms with Gasteiger partial charge < -0.3 is 14.8 Å². The number of carbonyl (C=O) groups excluding carboxylic acids is 1. The Morgan fingerprint density at radius 1 is 1.25 bits per heavy atom. The third-order valence-corrected chi connectivity index (χ3v) is 4.00. The Morgan fingerprint density at radius 2 is 2.00 bits per heavy atom. The molecule has 1 N–H and O–H groups in total. The van der Waals surface area contributed by atoms with Crippen LogP contribution in [0.2, 0.25) is 0 Å². The van der Waals surface area contributed by atoms with Gasteiger partial charge in [-0.3, -0.25) is 4.79 Å².